The summed E-state index contributed by atoms with van der Waals surface area (Å²) in [5.41, 5.74) is 0. The molecule has 2 aliphatic heterocycles. The van der Waals surface area contributed by atoms with Crippen LogP contribution in [0.1, 0.15) is 13.3 Å². The van der Waals surface area contributed by atoms with Gasteiger partial charge in [-0.05, 0) is 18.8 Å². The van der Waals surface area contributed by atoms with Gasteiger partial charge in [-0.2, -0.15) is 0 Å². The molecular formula is C10H19NO3. The van der Waals surface area contributed by atoms with Crippen molar-refractivity contribution in [1.29, 1.82) is 0 Å². The quantitative estimate of drug-likeness (QED) is 0.696. The molecule has 2 fully saturated rings. The average molecular weight is 201 g/mol. The van der Waals surface area contributed by atoms with Crippen LogP contribution in [0.5, 0.6) is 0 Å². The number of methoxy groups -OCH3 is 1. The third-order valence-electron chi connectivity index (χ3n) is 3.39. The summed E-state index contributed by atoms with van der Waals surface area (Å²) < 4.78 is 10.7. The number of aliphatic hydroxyl groups is 1. The highest BCUT2D eigenvalue weighted by atomic mass is 16.7. The molecule has 0 aromatic heterocycles. The molecule has 0 saturated carbocycles. The molecule has 0 amide bonds. The molecule has 0 radical (unpaired) electrons. The minimum atomic E-state index is -0.332. The van der Waals surface area contributed by atoms with Crippen LogP contribution in [-0.4, -0.2) is 49.3 Å². The minimum Gasteiger partial charge on any atom is -0.379 e. The Kier molecular flexibility index (Phi) is 3.07. The molecule has 4 unspecified atom stereocenters. The topological polar surface area (TPSA) is 41.9 Å². The smallest absolute Gasteiger partial charge is 0.157 e. The highest BCUT2D eigenvalue weighted by Crippen LogP contribution is 2.33. The Morgan fingerprint density at radius 3 is 2.79 bits per heavy atom. The van der Waals surface area contributed by atoms with Gasteiger partial charge in [-0.25, -0.2) is 0 Å². The maximum absolute atomic E-state index is 9.48. The molecular weight excluding hydrogens is 182 g/mol. The molecule has 2 saturated heterocycles. The summed E-state index contributed by atoms with van der Waals surface area (Å²) in [6.07, 6.45) is 0.594. The molecule has 2 aliphatic rings. The van der Waals surface area contributed by atoms with Gasteiger partial charge in [-0.3, -0.25) is 4.90 Å². The third kappa shape index (κ3) is 1.93. The number of fused-ring (bicyclic) bond motifs is 1. The Bertz CT molecular complexity index is 198. The Hall–Kier alpha value is -0.160. The van der Waals surface area contributed by atoms with E-state index in [-0.39, 0.29) is 12.5 Å². The highest BCUT2D eigenvalue weighted by Gasteiger charge is 2.39. The fraction of sp³-hybridized carbons (Fsp3) is 1.00. The lowest BCUT2D eigenvalue weighted by Gasteiger charge is -2.30. The molecule has 0 spiro atoms. The van der Waals surface area contributed by atoms with Gasteiger partial charge >= 0.3 is 0 Å². The number of hydrogen-bond acceptors (Lipinski definition) is 4. The molecule has 14 heavy (non-hydrogen) atoms. The SMILES string of the molecule is COC1CC2CN(C(C)O)CC2CO1. The van der Waals surface area contributed by atoms with Crippen molar-refractivity contribution in [2.24, 2.45) is 11.8 Å². The number of likely N-dealkylation sites (tertiary alicyclic amines) is 1. The normalized spacial score (nSPS) is 40.9. The number of aliphatic hydroxyl groups excluding tert-OH is 1. The number of rotatable bonds is 2. The fourth-order valence-corrected chi connectivity index (χ4v) is 2.45. The molecule has 0 aliphatic carbocycles. The summed E-state index contributed by atoms with van der Waals surface area (Å²) in [6.45, 7) is 4.53. The zero-order chi connectivity index (χ0) is 10.1. The summed E-state index contributed by atoms with van der Waals surface area (Å²) in [6, 6.07) is 0. The van der Waals surface area contributed by atoms with Gasteiger partial charge < -0.3 is 14.6 Å². The first-order chi connectivity index (χ1) is 6.70. The van der Waals surface area contributed by atoms with E-state index in [1.165, 1.54) is 0 Å². The summed E-state index contributed by atoms with van der Waals surface area (Å²) in [5, 5.41) is 9.48. The second-order valence-corrected chi connectivity index (χ2v) is 4.34. The second-order valence-electron chi connectivity index (χ2n) is 4.34. The van der Waals surface area contributed by atoms with Gasteiger partial charge in [0.2, 0.25) is 0 Å². The van der Waals surface area contributed by atoms with Crippen molar-refractivity contribution in [3.05, 3.63) is 0 Å². The van der Waals surface area contributed by atoms with E-state index >= 15 is 0 Å². The molecule has 0 bridgehead atoms. The highest BCUT2D eigenvalue weighted by molar-refractivity contribution is 4.87. The minimum absolute atomic E-state index is 0.0369. The summed E-state index contributed by atoms with van der Waals surface area (Å²) in [7, 11) is 1.69. The van der Waals surface area contributed by atoms with Crippen LogP contribution in [-0.2, 0) is 9.47 Å². The Balaban J connectivity index is 1.91. The van der Waals surface area contributed by atoms with Crippen molar-refractivity contribution >= 4 is 0 Å². The van der Waals surface area contributed by atoms with Crippen LogP contribution in [0, 0.1) is 11.8 Å². The van der Waals surface area contributed by atoms with Gasteiger partial charge in [0, 0.05) is 26.6 Å². The maximum Gasteiger partial charge on any atom is 0.157 e. The van der Waals surface area contributed by atoms with Crippen LogP contribution < -0.4 is 0 Å². The van der Waals surface area contributed by atoms with E-state index in [4.69, 9.17) is 9.47 Å². The molecule has 4 nitrogen and oxygen atoms in total. The van der Waals surface area contributed by atoms with Crippen LogP contribution in [0.2, 0.25) is 0 Å². The number of nitrogens with zero attached hydrogens (tertiary/aromatic N) is 1. The largest absolute Gasteiger partial charge is 0.379 e. The van der Waals surface area contributed by atoms with E-state index in [9.17, 15) is 5.11 Å². The van der Waals surface area contributed by atoms with Gasteiger partial charge in [0.25, 0.3) is 0 Å². The van der Waals surface area contributed by atoms with Gasteiger partial charge in [-0.15, -0.1) is 0 Å². The zero-order valence-electron chi connectivity index (χ0n) is 8.85. The van der Waals surface area contributed by atoms with E-state index in [0.717, 1.165) is 26.1 Å². The van der Waals surface area contributed by atoms with Crippen LogP contribution in [0.4, 0.5) is 0 Å². The summed E-state index contributed by atoms with van der Waals surface area (Å²) in [4.78, 5) is 2.11. The second kappa shape index (κ2) is 4.14. The van der Waals surface area contributed by atoms with Crippen LogP contribution >= 0.6 is 0 Å². The van der Waals surface area contributed by atoms with Crippen molar-refractivity contribution < 1.29 is 14.6 Å². The predicted octanol–water partition coefficient (Wildman–Crippen LogP) is 0.265. The van der Waals surface area contributed by atoms with E-state index in [0.29, 0.717) is 11.8 Å². The van der Waals surface area contributed by atoms with E-state index in [1.54, 1.807) is 7.11 Å². The molecule has 82 valence electrons. The standard InChI is InChI=1S/C10H19NO3/c1-7(12)11-4-8-3-10(13-2)14-6-9(8)5-11/h7-10,12H,3-6H2,1-2H3. The molecule has 2 heterocycles. The molecule has 1 N–H and O–H groups in total. The fourth-order valence-electron chi connectivity index (χ4n) is 2.45. The van der Waals surface area contributed by atoms with E-state index < -0.39 is 0 Å². The van der Waals surface area contributed by atoms with Crippen molar-refractivity contribution in [3.63, 3.8) is 0 Å². The van der Waals surface area contributed by atoms with Crippen molar-refractivity contribution in [2.75, 3.05) is 26.8 Å². The summed E-state index contributed by atoms with van der Waals surface area (Å²) >= 11 is 0. The first-order valence-corrected chi connectivity index (χ1v) is 5.27. The van der Waals surface area contributed by atoms with Crippen molar-refractivity contribution in [2.45, 2.75) is 25.9 Å². The van der Waals surface area contributed by atoms with Crippen molar-refractivity contribution in [3.8, 4) is 0 Å². The predicted molar refractivity (Wildman–Crippen MR) is 51.6 cm³/mol. The van der Waals surface area contributed by atoms with Gasteiger partial charge in [0.15, 0.2) is 6.29 Å². The summed E-state index contributed by atoms with van der Waals surface area (Å²) in [5.74, 6) is 1.21. The van der Waals surface area contributed by atoms with Gasteiger partial charge in [0.1, 0.15) is 6.23 Å². The average Bonchev–Trinajstić information content (AvgIpc) is 2.59. The molecule has 0 aromatic rings. The molecule has 4 heteroatoms. The third-order valence-corrected chi connectivity index (χ3v) is 3.39. The first-order valence-electron chi connectivity index (χ1n) is 5.27. The zero-order valence-corrected chi connectivity index (χ0v) is 8.85. The van der Waals surface area contributed by atoms with Gasteiger partial charge in [0.05, 0.1) is 6.61 Å². The first kappa shape index (κ1) is 10.4. The lowest BCUT2D eigenvalue weighted by atomic mass is 9.91. The molecule has 0 aromatic carbocycles. The number of hydrogen-bond donors (Lipinski definition) is 1. The lowest BCUT2D eigenvalue weighted by Crippen LogP contribution is -2.33. The van der Waals surface area contributed by atoms with E-state index in [1.807, 2.05) is 6.92 Å². The number of ether oxygens (including phenoxy) is 2. The lowest BCUT2D eigenvalue weighted by molar-refractivity contribution is -0.169. The maximum atomic E-state index is 9.48. The van der Waals surface area contributed by atoms with E-state index in [2.05, 4.69) is 4.90 Å². The molecule has 2 rings (SSSR count). The van der Waals surface area contributed by atoms with Crippen LogP contribution in [0.25, 0.3) is 0 Å². The van der Waals surface area contributed by atoms with Gasteiger partial charge in [-0.1, -0.05) is 0 Å². The monoisotopic (exact) mass is 201 g/mol. The Morgan fingerprint density at radius 1 is 1.43 bits per heavy atom. The van der Waals surface area contributed by atoms with Crippen LogP contribution in [0.15, 0.2) is 0 Å². The Morgan fingerprint density at radius 2 is 2.14 bits per heavy atom. The van der Waals surface area contributed by atoms with Crippen LogP contribution in [0.3, 0.4) is 0 Å². The van der Waals surface area contributed by atoms with Crippen molar-refractivity contribution in [1.82, 2.24) is 4.90 Å². The Labute approximate surface area is 84.8 Å². The molecule has 4 atom stereocenters.